The summed E-state index contributed by atoms with van der Waals surface area (Å²) in [6.45, 7) is 3.20. The lowest BCUT2D eigenvalue weighted by molar-refractivity contribution is 0.0696. The van der Waals surface area contributed by atoms with Crippen molar-refractivity contribution in [3.05, 3.63) is 22.8 Å². The highest BCUT2D eigenvalue weighted by molar-refractivity contribution is 7.90. The van der Waals surface area contributed by atoms with E-state index in [1.54, 1.807) is 13.8 Å². The summed E-state index contributed by atoms with van der Waals surface area (Å²) in [5.74, 6) is -1.16. The molecule has 0 aliphatic carbocycles. The number of carboxylic acids is 1. The third-order valence-electron chi connectivity index (χ3n) is 2.54. The Hall–Kier alpha value is -1.56. The minimum Gasteiger partial charge on any atom is -0.478 e. The summed E-state index contributed by atoms with van der Waals surface area (Å²) in [6.07, 6.45) is 0.999. The molecular formula is C10H13NO4S. The van der Waals surface area contributed by atoms with E-state index in [2.05, 4.69) is 0 Å². The first-order valence-corrected chi connectivity index (χ1v) is 6.38. The van der Waals surface area contributed by atoms with Crippen LogP contribution in [-0.4, -0.2) is 25.7 Å². The molecule has 0 bridgehead atoms. The van der Waals surface area contributed by atoms with Crippen LogP contribution in [-0.2, 0) is 9.84 Å². The summed E-state index contributed by atoms with van der Waals surface area (Å²) in [5, 5.41) is 8.94. The van der Waals surface area contributed by atoms with Crippen LogP contribution >= 0.6 is 0 Å². The molecular weight excluding hydrogens is 230 g/mol. The van der Waals surface area contributed by atoms with Crippen LogP contribution < -0.4 is 5.73 Å². The Morgan fingerprint density at radius 3 is 2.19 bits per heavy atom. The van der Waals surface area contributed by atoms with Gasteiger partial charge in [-0.3, -0.25) is 0 Å². The van der Waals surface area contributed by atoms with Crippen LogP contribution in [0.5, 0.6) is 0 Å². The summed E-state index contributed by atoms with van der Waals surface area (Å²) in [4.78, 5) is 10.8. The van der Waals surface area contributed by atoms with Crippen LogP contribution in [0.25, 0.3) is 0 Å². The molecule has 5 nitrogen and oxygen atoms in total. The summed E-state index contributed by atoms with van der Waals surface area (Å²) in [5.41, 5.74) is 6.72. The predicted octanol–water partition coefficient (Wildman–Crippen LogP) is 0.987. The lowest BCUT2D eigenvalue weighted by Gasteiger charge is -2.12. The van der Waals surface area contributed by atoms with E-state index >= 15 is 0 Å². The Bertz CT molecular complexity index is 561. The van der Waals surface area contributed by atoms with E-state index < -0.39 is 15.8 Å². The quantitative estimate of drug-likeness (QED) is 0.755. The summed E-state index contributed by atoms with van der Waals surface area (Å²) >= 11 is 0. The van der Waals surface area contributed by atoms with Crippen molar-refractivity contribution >= 4 is 21.5 Å². The van der Waals surface area contributed by atoms with Crippen molar-refractivity contribution in [3.8, 4) is 0 Å². The van der Waals surface area contributed by atoms with Crippen molar-refractivity contribution in [1.82, 2.24) is 0 Å². The number of carbonyl (C=O) groups is 1. The molecule has 0 spiro atoms. The Morgan fingerprint density at radius 1 is 1.31 bits per heavy atom. The van der Waals surface area contributed by atoms with Gasteiger partial charge in [-0.15, -0.1) is 0 Å². The summed E-state index contributed by atoms with van der Waals surface area (Å²) in [7, 11) is -3.52. The zero-order valence-electron chi connectivity index (χ0n) is 9.23. The fourth-order valence-electron chi connectivity index (χ4n) is 1.43. The first kappa shape index (κ1) is 12.5. The predicted molar refractivity (Wildman–Crippen MR) is 60.4 cm³/mol. The van der Waals surface area contributed by atoms with Gasteiger partial charge in [0.25, 0.3) is 0 Å². The molecule has 0 aliphatic heterocycles. The van der Waals surface area contributed by atoms with Gasteiger partial charge in [-0.2, -0.15) is 0 Å². The van der Waals surface area contributed by atoms with Crippen molar-refractivity contribution in [2.45, 2.75) is 18.7 Å². The Labute approximate surface area is 93.8 Å². The number of hydrogen-bond donors (Lipinski definition) is 2. The standard InChI is InChI=1S/C10H13NO4S/c1-5-6(2)9(11)8(16(3,14)15)4-7(5)10(12)13/h4H,11H2,1-3H3,(H,12,13). The van der Waals surface area contributed by atoms with Gasteiger partial charge in [0, 0.05) is 6.26 Å². The minimum atomic E-state index is -3.52. The molecule has 0 heterocycles. The van der Waals surface area contributed by atoms with E-state index in [0.29, 0.717) is 11.1 Å². The average molecular weight is 243 g/mol. The smallest absolute Gasteiger partial charge is 0.336 e. The van der Waals surface area contributed by atoms with Gasteiger partial charge < -0.3 is 10.8 Å². The highest BCUT2D eigenvalue weighted by Gasteiger charge is 2.20. The highest BCUT2D eigenvalue weighted by Crippen LogP contribution is 2.27. The Balaban J connectivity index is 3.74. The second kappa shape index (κ2) is 3.79. The number of sulfone groups is 1. The molecule has 3 N–H and O–H groups in total. The monoisotopic (exact) mass is 243 g/mol. The number of aromatic carboxylic acids is 1. The van der Waals surface area contributed by atoms with Gasteiger partial charge in [0.1, 0.15) is 0 Å². The molecule has 6 heteroatoms. The van der Waals surface area contributed by atoms with Gasteiger partial charge in [-0.05, 0) is 31.0 Å². The number of nitrogens with two attached hydrogens (primary N) is 1. The molecule has 0 radical (unpaired) electrons. The van der Waals surface area contributed by atoms with Crippen LogP contribution in [0.2, 0.25) is 0 Å². The Kier molecular flexibility index (Phi) is 2.96. The summed E-state index contributed by atoms with van der Waals surface area (Å²) in [6, 6.07) is 1.11. The van der Waals surface area contributed by atoms with E-state index in [1.807, 2.05) is 0 Å². The number of benzene rings is 1. The molecule has 0 saturated heterocycles. The van der Waals surface area contributed by atoms with Crippen molar-refractivity contribution in [3.63, 3.8) is 0 Å². The minimum absolute atomic E-state index is 0.0351. The van der Waals surface area contributed by atoms with E-state index in [4.69, 9.17) is 10.8 Å². The average Bonchev–Trinajstić information content (AvgIpc) is 2.11. The third-order valence-corrected chi connectivity index (χ3v) is 3.68. The maximum Gasteiger partial charge on any atom is 0.336 e. The maximum absolute atomic E-state index is 11.4. The fourth-order valence-corrected chi connectivity index (χ4v) is 2.32. The molecule has 0 fully saturated rings. The van der Waals surface area contributed by atoms with E-state index in [-0.39, 0.29) is 16.1 Å². The first-order chi connectivity index (χ1) is 7.16. The Morgan fingerprint density at radius 2 is 1.81 bits per heavy atom. The number of rotatable bonds is 2. The number of hydrogen-bond acceptors (Lipinski definition) is 4. The molecule has 1 aromatic carbocycles. The third kappa shape index (κ3) is 2.01. The molecule has 1 aromatic rings. The maximum atomic E-state index is 11.4. The molecule has 0 saturated carbocycles. The van der Waals surface area contributed by atoms with Crippen molar-refractivity contribution in [2.75, 3.05) is 12.0 Å². The molecule has 1 rings (SSSR count). The number of anilines is 1. The van der Waals surface area contributed by atoms with E-state index in [1.165, 1.54) is 0 Å². The molecule has 0 aliphatic rings. The van der Waals surface area contributed by atoms with Crippen LogP contribution in [0.4, 0.5) is 5.69 Å². The molecule has 0 atom stereocenters. The van der Waals surface area contributed by atoms with Crippen LogP contribution in [0.1, 0.15) is 21.5 Å². The summed E-state index contributed by atoms with van der Waals surface area (Å²) < 4.78 is 22.8. The normalized spacial score (nSPS) is 11.4. The zero-order valence-corrected chi connectivity index (χ0v) is 10.1. The number of nitrogen functional groups attached to an aromatic ring is 1. The van der Waals surface area contributed by atoms with Gasteiger partial charge in [-0.25, -0.2) is 13.2 Å². The van der Waals surface area contributed by atoms with Crippen molar-refractivity contribution in [2.24, 2.45) is 0 Å². The van der Waals surface area contributed by atoms with Crippen LogP contribution in [0.15, 0.2) is 11.0 Å². The topological polar surface area (TPSA) is 97.5 Å². The van der Waals surface area contributed by atoms with Crippen LogP contribution in [0, 0.1) is 13.8 Å². The van der Waals surface area contributed by atoms with Crippen molar-refractivity contribution < 1.29 is 18.3 Å². The fraction of sp³-hybridized carbons (Fsp3) is 0.300. The van der Waals surface area contributed by atoms with Gasteiger partial charge in [-0.1, -0.05) is 0 Å². The molecule has 0 unspecified atom stereocenters. The molecule has 16 heavy (non-hydrogen) atoms. The van der Waals surface area contributed by atoms with E-state index in [0.717, 1.165) is 12.3 Å². The highest BCUT2D eigenvalue weighted by atomic mass is 32.2. The molecule has 88 valence electrons. The SMILES string of the molecule is Cc1c(C(=O)O)cc(S(C)(=O)=O)c(N)c1C. The van der Waals surface area contributed by atoms with Crippen molar-refractivity contribution in [1.29, 1.82) is 0 Å². The zero-order chi connectivity index (χ0) is 12.7. The molecule has 0 amide bonds. The number of carboxylic acid groups (broad SMARTS) is 1. The molecule has 0 aromatic heterocycles. The first-order valence-electron chi connectivity index (χ1n) is 4.49. The van der Waals surface area contributed by atoms with E-state index in [9.17, 15) is 13.2 Å². The van der Waals surface area contributed by atoms with Gasteiger partial charge >= 0.3 is 5.97 Å². The lowest BCUT2D eigenvalue weighted by Crippen LogP contribution is -2.10. The second-order valence-corrected chi connectivity index (χ2v) is 5.65. The second-order valence-electron chi connectivity index (χ2n) is 3.66. The largest absolute Gasteiger partial charge is 0.478 e. The van der Waals surface area contributed by atoms with Gasteiger partial charge in [0.05, 0.1) is 16.1 Å². The van der Waals surface area contributed by atoms with Gasteiger partial charge in [0.15, 0.2) is 9.84 Å². The van der Waals surface area contributed by atoms with Gasteiger partial charge in [0.2, 0.25) is 0 Å². The lowest BCUT2D eigenvalue weighted by atomic mass is 10.0. The van der Waals surface area contributed by atoms with Crippen LogP contribution in [0.3, 0.4) is 0 Å².